The van der Waals surface area contributed by atoms with E-state index in [1.165, 1.54) is 19.3 Å². The monoisotopic (exact) mass is 393 g/mol. The van der Waals surface area contributed by atoms with Crippen molar-refractivity contribution < 1.29 is 14.3 Å². The van der Waals surface area contributed by atoms with Crippen LogP contribution in [0.4, 0.5) is 0 Å². The van der Waals surface area contributed by atoms with Crippen LogP contribution in [-0.4, -0.2) is 59.0 Å². The molecule has 1 heterocycles. The van der Waals surface area contributed by atoms with Crippen LogP contribution in [0, 0.1) is 0 Å². The Bertz CT molecular complexity index is 583. The molecule has 0 radical (unpaired) electrons. The number of hydrogen-bond acceptors (Lipinski definition) is 3. The lowest BCUT2D eigenvalue weighted by atomic mass is 10.1. The summed E-state index contributed by atoms with van der Waals surface area (Å²) in [7, 11) is 3.60. The number of unbranched alkanes of at least 4 members (excludes halogenated alkanes) is 4. The second-order valence-electron chi connectivity index (χ2n) is 7.70. The molecule has 0 aliphatic rings. The first-order valence-corrected chi connectivity index (χ1v) is 10.6. The van der Waals surface area contributed by atoms with E-state index in [0.29, 0.717) is 26.1 Å². The van der Waals surface area contributed by atoms with Crippen LogP contribution in [0.15, 0.2) is 18.3 Å². The van der Waals surface area contributed by atoms with Gasteiger partial charge in [-0.3, -0.25) is 9.59 Å². The lowest BCUT2D eigenvalue weighted by Crippen LogP contribution is -2.46. The fourth-order valence-corrected chi connectivity index (χ4v) is 3.18. The number of rotatable bonds is 14. The van der Waals surface area contributed by atoms with Crippen LogP contribution in [0.1, 0.15) is 65.0 Å². The number of aromatic nitrogens is 1. The Morgan fingerprint density at radius 2 is 1.86 bits per heavy atom. The lowest BCUT2D eigenvalue weighted by molar-refractivity contribution is -0.142. The van der Waals surface area contributed by atoms with Gasteiger partial charge in [0.05, 0.1) is 19.7 Å². The van der Waals surface area contributed by atoms with E-state index in [1.54, 1.807) is 16.9 Å². The standard InChI is InChI=1S/C22H39N3O3/c1-6-7-8-9-10-13-21(26)25(19(2)3)18-22(27)24(15-16-28-5)17-20-12-11-14-23(20)4/h11-12,14,19H,6-10,13,15-18H2,1-5H3. The fraction of sp³-hybridized carbons (Fsp3) is 0.727. The van der Waals surface area contributed by atoms with Crippen molar-refractivity contribution in [1.82, 2.24) is 14.4 Å². The first-order chi connectivity index (χ1) is 13.4. The second-order valence-corrected chi connectivity index (χ2v) is 7.70. The molecule has 0 spiro atoms. The third-order valence-corrected chi connectivity index (χ3v) is 5.07. The number of nitrogens with zero attached hydrogens (tertiary/aromatic N) is 3. The molecule has 0 bridgehead atoms. The molecule has 0 N–H and O–H groups in total. The SMILES string of the molecule is CCCCCCCC(=O)N(CC(=O)N(CCOC)Cc1cccn1C)C(C)C. The largest absolute Gasteiger partial charge is 0.383 e. The Labute approximate surface area is 170 Å². The van der Waals surface area contributed by atoms with Crippen molar-refractivity contribution in [2.45, 2.75) is 71.9 Å². The van der Waals surface area contributed by atoms with Gasteiger partial charge in [0.15, 0.2) is 0 Å². The zero-order chi connectivity index (χ0) is 20.9. The maximum absolute atomic E-state index is 13.0. The molecule has 0 aliphatic heterocycles. The Morgan fingerprint density at radius 1 is 1.14 bits per heavy atom. The van der Waals surface area contributed by atoms with E-state index in [1.807, 2.05) is 43.8 Å². The third-order valence-electron chi connectivity index (χ3n) is 5.07. The maximum atomic E-state index is 13.0. The second kappa shape index (κ2) is 13.4. The molecular formula is C22H39N3O3. The van der Waals surface area contributed by atoms with Crippen LogP contribution in [0.5, 0.6) is 0 Å². The highest BCUT2D eigenvalue weighted by atomic mass is 16.5. The highest BCUT2D eigenvalue weighted by molar-refractivity contribution is 5.85. The lowest BCUT2D eigenvalue weighted by Gasteiger charge is -2.30. The predicted molar refractivity (Wildman–Crippen MR) is 113 cm³/mol. The average molecular weight is 394 g/mol. The molecule has 1 rings (SSSR count). The molecule has 1 aromatic rings. The summed E-state index contributed by atoms with van der Waals surface area (Å²) in [5.74, 6) is 0.0386. The predicted octanol–water partition coefficient (Wildman–Crippen LogP) is 3.60. The topological polar surface area (TPSA) is 54.8 Å². The molecule has 6 heteroatoms. The molecule has 6 nitrogen and oxygen atoms in total. The molecule has 0 atom stereocenters. The van der Waals surface area contributed by atoms with Crippen LogP contribution >= 0.6 is 0 Å². The molecule has 1 aromatic heterocycles. The van der Waals surface area contributed by atoms with E-state index in [0.717, 1.165) is 18.5 Å². The van der Waals surface area contributed by atoms with Crippen molar-refractivity contribution in [2.24, 2.45) is 7.05 Å². The van der Waals surface area contributed by atoms with Crippen molar-refractivity contribution in [3.63, 3.8) is 0 Å². The van der Waals surface area contributed by atoms with Gasteiger partial charge in [-0.25, -0.2) is 0 Å². The molecule has 0 saturated heterocycles. The molecule has 0 aliphatic carbocycles. The number of ether oxygens (including phenoxy) is 1. The van der Waals surface area contributed by atoms with Gasteiger partial charge in [0.25, 0.3) is 0 Å². The summed E-state index contributed by atoms with van der Waals surface area (Å²) in [6.45, 7) is 7.75. The zero-order valence-electron chi connectivity index (χ0n) is 18.4. The number of amides is 2. The van der Waals surface area contributed by atoms with Crippen LogP contribution in [0.25, 0.3) is 0 Å². The summed E-state index contributed by atoms with van der Waals surface area (Å²) in [4.78, 5) is 29.2. The van der Waals surface area contributed by atoms with Gasteiger partial charge in [-0.1, -0.05) is 32.6 Å². The Balaban J connectivity index is 2.68. The van der Waals surface area contributed by atoms with Gasteiger partial charge in [0.2, 0.25) is 11.8 Å². The first-order valence-electron chi connectivity index (χ1n) is 10.6. The maximum Gasteiger partial charge on any atom is 0.242 e. The number of aryl methyl sites for hydroxylation is 1. The molecule has 160 valence electrons. The van der Waals surface area contributed by atoms with Crippen molar-refractivity contribution in [3.05, 3.63) is 24.0 Å². The number of methoxy groups -OCH3 is 1. The van der Waals surface area contributed by atoms with E-state index in [4.69, 9.17) is 4.74 Å². The van der Waals surface area contributed by atoms with Crippen molar-refractivity contribution >= 4 is 11.8 Å². The summed E-state index contributed by atoms with van der Waals surface area (Å²) in [5.41, 5.74) is 1.06. The highest BCUT2D eigenvalue weighted by Crippen LogP contribution is 2.11. The van der Waals surface area contributed by atoms with Crippen molar-refractivity contribution in [2.75, 3.05) is 26.8 Å². The summed E-state index contributed by atoms with van der Waals surface area (Å²) < 4.78 is 7.18. The van der Waals surface area contributed by atoms with E-state index >= 15 is 0 Å². The van der Waals surface area contributed by atoms with E-state index in [9.17, 15) is 9.59 Å². The smallest absolute Gasteiger partial charge is 0.242 e. The van der Waals surface area contributed by atoms with E-state index < -0.39 is 0 Å². The summed E-state index contributed by atoms with van der Waals surface area (Å²) in [5, 5.41) is 0. The van der Waals surface area contributed by atoms with E-state index in [-0.39, 0.29) is 24.4 Å². The molecular weight excluding hydrogens is 354 g/mol. The first kappa shape index (κ1) is 24.2. The van der Waals surface area contributed by atoms with Crippen molar-refractivity contribution in [1.29, 1.82) is 0 Å². The Hall–Kier alpha value is -1.82. The fourth-order valence-electron chi connectivity index (χ4n) is 3.18. The van der Waals surface area contributed by atoms with Gasteiger partial charge >= 0.3 is 0 Å². The Morgan fingerprint density at radius 3 is 2.43 bits per heavy atom. The van der Waals surface area contributed by atoms with Crippen LogP contribution in [-0.2, 0) is 27.9 Å². The minimum absolute atomic E-state index is 0.00593. The highest BCUT2D eigenvalue weighted by Gasteiger charge is 2.23. The molecule has 0 unspecified atom stereocenters. The van der Waals surface area contributed by atoms with Gasteiger partial charge in [-0.15, -0.1) is 0 Å². The van der Waals surface area contributed by atoms with Crippen LogP contribution in [0.3, 0.4) is 0 Å². The minimum atomic E-state index is -0.0358. The molecule has 0 aromatic carbocycles. The van der Waals surface area contributed by atoms with Crippen LogP contribution in [0.2, 0.25) is 0 Å². The van der Waals surface area contributed by atoms with Gasteiger partial charge in [-0.2, -0.15) is 0 Å². The zero-order valence-corrected chi connectivity index (χ0v) is 18.4. The molecule has 0 fully saturated rings. The molecule has 0 saturated carbocycles. The third kappa shape index (κ3) is 8.46. The van der Waals surface area contributed by atoms with E-state index in [2.05, 4.69) is 6.92 Å². The minimum Gasteiger partial charge on any atom is -0.383 e. The quantitative estimate of drug-likeness (QED) is 0.454. The van der Waals surface area contributed by atoms with Gasteiger partial charge < -0.3 is 19.1 Å². The summed E-state index contributed by atoms with van der Waals surface area (Å²) >= 11 is 0. The van der Waals surface area contributed by atoms with Crippen LogP contribution < -0.4 is 0 Å². The number of carbonyl (C=O) groups excluding carboxylic acids is 2. The summed E-state index contributed by atoms with van der Waals surface area (Å²) in [6, 6.07) is 3.98. The molecule has 28 heavy (non-hydrogen) atoms. The molecule has 2 amide bonds. The van der Waals surface area contributed by atoms with Gasteiger partial charge in [0.1, 0.15) is 0 Å². The van der Waals surface area contributed by atoms with Gasteiger partial charge in [0, 0.05) is 45.1 Å². The van der Waals surface area contributed by atoms with Gasteiger partial charge in [-0.05, 0) is 32.4 Å². The van der Waals surface area contributed by atoms with Crippen molar-refractivity contribution in [3.8, 4) is 0 Å². The average Bonchev–Trinajstić information content (AvgIpc) is 3.06. The normalized spacial score (nSPS) is 11.1. The number of hydrogen-bond donors (Lipinski definition) is 0. The Kier molecular flexibility index (Phi) is 11.6. The number of carbonyl (C=O) groups is 2. The summed E-state index contributed by atoms with van der Waals surface area (Å²) in [6.07, 6.45) is 8.04.